The van der Waals surface area contributed by atoms with Crippen LogP contribution in [0.1, 0.15) is 12.8 Å². The number of piperidine rings is 1. The van der Waals surface area contributed by atoms with Gasteiger partial charge in [-0.3, -0.25) is 0 Å². The van der Waals surface area contributed by atoms with Crippen LogP contribution in [0.3, 0.4) is 0 Å². The Balaban J connectivity index is 1.89. The molecule has 0 radical (unpaired) electrons. The average molecular weight is 129 g/mol. The Labute approximate surface area is 54.6 Å². The van der Waals surface area contributed by atoms with Gasteiger partial charge in [0.2, 0.25) is 0 Å². The highest BCUT2D eigenvalue weighted by Crippen LogP contribution is 2.44. The Morgan fingerprint density at radius 3 is 2.50 bits per heavy atom. The lowest BCUT2D eigenvalue weighted by Gasteiger charge is -2.54. The molecule has 1 aliphatic carbocycles. The summed E-state index contributed by atoms with van der Waals surface area (Å²) in [5, 5.41) is 0. The lowest BCUT2D eigenvalue weighted by atomic mass is 9.73. The molecular formula is C6H11NS. The molecule has 1 heterocycles. The predicted molar refractivity (Wildman–Crippen MR) is 36.7 cm³/mol. The van der Waals surface area contributed by atoms with Gasteiger partial charge in [0.15, 0.2) is 0 Å². The highest BCUT2D eigenvalue weighted by molar-refractivity contribution is 7.96. The maximum Gasteiger partial charge on any atom is 0.0243 e. The van der Waals surface area contributed by atoms with E-state index < -0.39 is 0 Å². The van der Waals surface area contributed by atoms with Crippen LogP contribution in [-0.4, -0.2) is 23.1 Å². The number of fused-ring (bicyclic) bond motifs is 1. The summed E-state index contributed by atoms with van der Waals surface area (Å²) in [5.74, 6) is 1.10. The highest BCUT2D eigenvalue weighted by atomic mass is 32.2. The third kappa shape index (κ3) is 0.477. The molecule has 1 saturated heterocycles. The van der Waals surface area contributed by atoms with Gasteiger partial charge in [0.05, 0.1) is 0 Å². The van der Waals surface area contributed by atoms with E-state index >= 15 is 0 Å². The summed E-state index contributed by atoms with van der Waals surface area (Å²) >= 11 is 1.91. The third-order valence-corrected chi connectivity index (χ3v) is 3.29. The van der Waals surface area contributed by atoms with Crippen LogP contribution in [0, 0.1) is 5.92 Å². The summed E-state index contributed by atoms with van der Waals surface area (Å²) in [6.07, 6.45) is 5.14. The minimum Gasteiger partial charge on any atom is -0.247 e. The Morgan fingerprint density at radius 1 is 1.50 bits per heavy atom. The zero-order valence-corrected chi connectivity index (χ0v) is 5.95. The van der Waals surface area contributed by atoms with Crippen molar-refractivity contribution in [1.29, 1.82) is 0 Å². The van der Waals surface area contributed by atoms with E-state index in [-0.39, 0.29) is 0 Å². The number of nitrogens with zero attached hydrogens (tertiary/aromatic N) is 1. The van der Waals surface area contributed by atoms with Crippen molar-refractivity contribution >= 4 is 11.9 Å². The van der Waals surface area contributed by atoms with Crippen molar-refractivity contribution in [3.8, 4) is 0 Å². The molecule has 0 amide bonds. The summed E-state index contributed by atoms with van der Waals surface area (Å²) in [4.78, 5) is 0. The SMILES string of the molecule is CSN1CC2CCC21. The molecule has 2 rings (SSSR count). The lowest BCUT2D eigenvalue weighted by molar-refractivity contribution is 0.0192. The van der Waals surface area contributed by atoms with Gasteiger partial charge in [-0.05, 0) is 25.0 Å². The van der Waals surface area contributed by atoms with Gasteiger partial charge in [0.25, 0.3) is 0 Å². The molecule has 0 bridgehead atoms. The van der Waals surface area contributed by atoms with Gasteiger partial charge < -0.3 is 0 Å². The van der Waals surface area contributed by atoms with Crippen LogP contribution in [0.25, 0.3) is 0 Å². The summed E-state index contributed by atoms with van der Waals surface area (Å²) in [6, 6.07) is 0.991. The standard InChI is InChI=1S/C6H11NS/c1-8-7-4-5-2-3-6(5)7/h5-6H,2-4H2,1H3. The van der Waals surface area contributed by atoms with Gasteiger partial charge in [-0.2, -0.15) is 0 Å². The molecule has 0 spiro atoms. The molecule has 1 aliphatic heterocycles. The van der Waals surface area contributed by atoms with Gasteiger partial charge in [-0.1, -0.05) is 11.9 Å². The summed E-state index contributed by atoms with van der Waals surface area (Å²) < 4.78 is 2.49. The second kappa shape index (κ2) is 1.64. The first-order valence-corrected chi connectivity index (χ1v) is 4.40. The zero-order valence-electron chi connectivity index (χ0n) is 5.13. The monoisotopic (exact) mass is 129 g/mol. The Kier molecular flexibility index (Phi) is 1.05. The van der Waals surface area contributed by atoms with Gasteiger partial charge in [0.1, 0.15) is 0 Å². The van der Waals surface area contributed by atoms with Crippen molar-refractivity contribution in [1.82, 2.24) is 4.31 Å². The van der Waals surface area contributed by atoms with E-state index in [1.54, 1.807) is 0 Å². The van der Waals surface area contributed by atoms with E-state index in [9.17, 15) is 0 Å². The molecule has 1 nitrogen and oxygen atoms in total. The first-order valence-electron chi connectivity index (χ1n) is 3.22. The van der Waals surface area contributed by atoms with Crippen LogP contribution in [0.4, 0.5) is 0 Å². The van der Waals surface area contributed by atoms with Crippen LogP contribution < -0.4 is 0 Å². The summed E-state index contributed by atoms with van der Waals surface area (Å²) in [5.41, 5.74) is 0. The molecule has 2 aliphatic rings. The molecular weight excluding hydrogens is 118 g/mol. The zero-order chi connectivity index (χ0) is 5.56. The molecule has 0 aromatic rings. The minimum atomic E-state index is 0.991. The fourth-order valence-electron chi connectivity index (χ4n) is 1.58. The van der Waals surface area contributed by atoms with Crippen LogP contribution in [0.2, 0.25) is 0 Å². The van der Waals surface area contributed by atoms with Crippen molar-refractivity contribution in [2.45, 2.75) is 18.9 Å². The van der Waals surface area contributed by atoms with Crippen molar-refractivity contribution in [2.75, 3.05) is 12.8 Å². The maximum absolute atomic E-state index is 2.49. The average Bonchev–Trinajstić information content (AvgIpc) is 1.76. The molecule has 8 heavy (non-hydrogen) atoms. The Hall–Kier alpha value is 0.310. The molecule has 2 atom stereocenters. The van der Waals surface area contributed by atoms with E-state index in [2.05, 4.69) is 10.6 Å². The van der Waals surface area contributed by atoms with E-state index in [0.29, 0.717) is 0 Å². The van der Waals surface area contributed by atoms with Crippen molar-refractivity contribution < 1.29 is 0 Å². The largest absolute Gasteiger partial charge is 0.247 e. The summed E-state index contributed by atoms with van der Waals surface area (Å²) in [6.45, 7) is 1.37. The van der Waals surface area contributed by atoms with E-state index in [1.165, 1.54) is 19.4 Å². The topological polar surface area (TPSA) is 3.24 Å². The second-order valence-corrected chi connectivity index (χ2v) is 3.52. The quantitative estimate of drug-likeness (QED) is 0.492. The molecule has 2 heteroatoms. The highest BCUT2D eigenvalue weighted by Gasteiger charge is 2.44. The van der Waals surface area contributed by atoms with Gasteiger partial charge in [-0.25, -0.2) is 4.31 Å². The molecule has 2 unspecified atom stereocenters. The smallest absolute Gasteiger partial charge is 0.0243 e. The van der Waals surface area contributed by atoms with Crippen LogP contribution >= 0.6 is 11.9 Å². The third-order valence-electron chi connectivity index (χ3n) is 2.40. The van der Waals surface area contributed by atoms with Gasteiger partial charge in [-0.15, -0.1) is 0 Å². The lowest BCUT2D eigenvalue weighted by Crippen LogP contribution is -2.58. The molecule has 0 aromatic heterocycles. The number of rotatable bonds is 1. The van der Waals surface area contributed by atoms with E-state index in [0.717, 1.165) is 12.0 Å². The maximum atomic E-state index is 2.49. The normalized spacial score (nSPS) is 44.6. The van der Waals surface area contributed by atoms with Crippen molar-refractivity contribution in [3.05, 3.63) is 0 Å². The summed E-state index contributed by atoms with van der Waals surface area (Å²) in [7, 11) is 0. The Bertz CT molecular complexity index is 103. The number of hydrogen-bond donors (Lipinski definition) is 0. The Morgan fingerprint density at radius 2 is 2.38 bits per heavy atom. The fourth-order valence-corrected chi connectivity index (χ4v) is 2.47. The molecule has 0 aromatic carbocycles. The molecule has 2 fully saturated rings. The van der Waals surface area contributed by atoms with E-state index in [1.807, 2.05) is 11.9 Å². The van der Waals surface area contributed by atoms with Crippen LogP contribution in [0.15, 0.2) is 0 Å². The molecule has 46 valence electrons. The second-order valence-electron chi connectivity index (χ2n) is 2.69. The van der Waals surface area contributed by atoms with Crippen LogP contribution in [0.5, 0.6) is 0 Å². The minimum absolute atomic E-state index is 0.991. The van der Waals surface area contributed by atoms with Gasteiger partial charge in [0, 0.05) is 12.6 Å². The van der Waals surface area contributed by atoms with Crippen molar-refractivity contribution in [3.63, 3.8) is 0 Å². The number of hydrogen-bond acceptors (Lipinski definition) is 2. The van der Waals surface area contributed by atoms with E-state index in [4.69, 9.17) is 0 Å². The van der Waals surface area contributed by atoms with Crippen molar-refractivity contribution in [2.24, 2.45) is 5.92 Å². The molecule has 0 N–H and O–H groups in total. The molecule has 1 saturated carbocycles. The predicted octanol–water partition coefficient (Wildman–Crippen LogP) is 1.36. The van der Waals surface area contributed by atoms with Crippen LogP contribution in [-0.2, 0) is 0 Å². The first kappa shape index (κ1) is 5.12. The first-order chi connectivity index (χ1) is 3.92. The van der Waals surface area contributed by atoms with Gasteiger partial charge >= 0.3 is 0 Å². The fraction of sp³-hybridized carbons (Fsp3) is 1.00.